The minimum Gasteiger partial charge on any atom is -0.376 e. The molecule has 0 unspecified atom stereocenters. The fourth-order valence-electron chi connectivity index (χ4n) is 2.51. The minimum atomic E-state index is -0.0486. The van der Waals surface area contributed by atoms with Gasteiger partial charge in [0.15, 0.2) is 0 Å². The molecular formula is C19H25N3O. The average molecular weight is 311 g/mol. The highest BCUT2D eigenvalue weighted by Crippen LogP contribution is 2.22. The zero-order chi connectivity index (χ0) is 16.7. The first-order valence-corrected chi connectivity index (χ1v) is 8.08. The third-order valence-electron chi connectivity index (χ3n) is 3.84. The lowest BCUT2D eigenvalue weighted by atomic mass is 10.1. The molecule has 0 bridgehead atoms. The summed E-state index contributed by atoms with van der Waals surface area (Å²) in [4.78, 5) is 14.4. The summed E-state index contributed by atoms with van der Waals surface area (Å²) in [6.45, 7) is 8.51. The van der Waals surface area contributed by atoms with Crippen molar-refractivity contribution in [2.24, 2.45) is 0 Å². The van der Waals surface area contributed by atoms with E-state index >= 15 is 0 Å². The van der Waals surface area contributed by atoms with E-state index in [2.05, 4.69) is 41.5 Å². The van der Waals surface area contributed by atoms with Crippen molar-refractivity contribution in [3.8, 4) is 0 Å². The third-order valence-corrected chi connectivity index (χ3v) is 3.84. The predicted molar refractivity (Wildman–Crippen MR) is 98.3 cm³/mol. The van der Waals surface area contributed by atoms with Crippen LogP contribution in [0.15, 0.2) is 48.5 Å². The van der Waals surface area contributed by atoms with Crippen LogP contribution in [0.2, 0.25) is 0 Å². The highest BCUT2D eigenvalue weighted by atomic mass is 16.1. The lowest BCUT2D eigenvalue weighted by molar-refractivity contribution is -0.114. The first kappa shape index (κ1) is 16.9. The van der Waals surface area contributed by atoms with Crippen LogP contribution in [0.4, 0.5) is 17.1 Å². The SMILES string of the molecule is CCN(CC)c1ccc(NC(=O)CNc2ccccc2)c(C)c1. The molecule has 4 heteroatoms. The van der Waals surface area contributed by atoms with Gasteiger partial charge in [0.05, 0.1) is 6.54 Å². The van der Waals surface area contributed by atoms with Crippen molar-refractivity contribution in [2.45, 2.75) is 20.8 Å². The number of para-hydroxylation sites is 1. The van der Waals surface area contributed by atoms with Crippen molar-refractivity contribution < 1.29 is 4.79 Å². The maximum absolute atomic E-state index is 12.1. The van der Waals surface area contributed by atoms with Gasteiger partial charge in [-0.2, -0.15) is 0 Å². The Morgan fingerprint density at radius 2 is 1.74 bits per heavy atom. The molecule has 0 aliphatic heterocycles. The number of carbonyl (C=O) groups excluding carboxylic acids is 1. The monoisotopic (exact) mass is 311 g/mol. The predicted octanol–water partition coefficient (Wildman–Crippen LogP) is 3.89. The maximum atomic E-state index is 12.1. The molecule has 0 aromatic heterocycles. The quantitative estimate of drug-likeness (QED) is 0.815. The number of benzene rings is 2. The topological polar surface area (TPSA) is 44.4 Å². The van der Waals surface area contributed by atoms with Crippen molar-refractivity contribution in [1.82, 2.24) is 0 Å². The van der Waals surface area contributed by atoms with Gasteiger partial charge in [0.1, 0.15) is 0 Å². The maximum Gasteiger partial charge on any atom is 0.243 e. The largest absolute Gasteiger partial charge is 0.376 e. The Labute approximate surface area is 138 Å². The molecule has 2 aromatic rings. The van der Waals surface area contributed by atoms with Crippen LogP contribution in [0.25, 0.3) is 0 Å². The third kappa shape index (κ3) is 4.74. The zero-order valence-electron chi connectivity index (χ0n) is 14.1. The van der Waals surface area contributed by atoms with Crippen LogP contribution in [0.5, 0.6) is 0 Å². The lowest BCUT2D eigenvalue weighted by Crippen LogP contribution is -2.23. The van der Waals surface area contributed by atoms with Gasteiger partial charge in [0, 0.05) is 30.2 Å². The molecule has 0 radical (unpaired) electrons. The van der Waals surface area contributed by atoms with Crippen molar-refractivity contribution >= 4 is 23.0 Å². The fourth-order valence-corrected chi connectivity index (χ4v) is 2.51. The second-order valence-electron chi connectivity index (χ2n) is 5.44. The van der Waals surface area contributed by atoms with E-state index in [9.17, 15) is 4.79 Å². The molecule has 1 amide bonds. The highest BCUT2D eigenvalue weighted by Gasteiger charge is 2.07. The van der Waals surface area contributed by atoms with E-state index in [1.807, 2.05) is 43.3 Å². The van der Waals surface area contributed by atoms with Gasteiger partial charge in [-0.25, -0.2) is 0 Å². The van der Waals surface area contributed by atoms with Crippen LogP contribution in [-0.2, 0) is 4.79 Å². The Hall–Kier alpha value is -2.49. The highest BCUT2D eigenvalue weighted by molar-refractivity contribution is 5.94. The summed E-state index contributed by atoms with van der Waals surface area (Å²) in [7, 11) is 0. The molecule has 2 aromatic carbocycles. The normalized spacial score (nSPS) is 10.2. The molecule has 122 valence electrons. The summed E-state index contributed by atoms with van der Waals surface area (Å²) in [6, 6.07) is 15.9. The number of anilines is 3. The van der Waals surface area contributed by atoms with Gasteiger partial charge in [-0.05, 0) is 56.7 Å². The number of amides is 1. The number of aryl methyl sites for hydroxylation is 1. The van der Waals surface area contributed by atoms with Crippen LogP contribution >= 0.6 is 0 Å². The molecule has 0 aliphatic carbocycles. The van der Waals surface area contributed by atoms with Crippen LogP contribution < -0.4 is 15.5 Å². The van der Waals surface area contributed by atoms with Crippen LogP contribution in [0.3, 0.4) is 0 Å². The molecule has 0 heterocycles. The molecule has 2 rings (SSSR count). The first-order valence-electron chi connectivity index (χ1n) is 8.08. The number of carbonyl (C=O) groups is 1. The number of nitrogens with zero attached hydrogens (tertiary/aromatic N) is 1. The van der Waals surface area contributed by atoms with Crippen molar-refractivity contribution in [3.63, 3.8) is 0 Å². The number of rotatable bonds is 7. The molecule has 0 spiro atoms. The number of hydrogen-bond donors (Lipinski definition) is 2. The van der Waals surface area contributed by atoms with E-state index in [1.54, 1.807) is 0 Å². The zero-order valence-corrected chi connectivity index (χ0v) is 14.1. The molecule has 0 fully saturated rings. The average Bonchev–Trinajstić information content (AvgIpc) is 2.57. The smallest absolute Gasteiger partial charge is 0.243 e. The minimum absolute atomic E-state index is 0.0486. The van der Waals surface area contributed by atoms with Gasteiger partial charge < -0.3 is 15.5 Å². The Kier molecular flexibility index (Phi) is 6.03. The van der Waals surface area contributed by atoms with Gasteiger partial charge in [-0.3, -0.25) is 4.79 Å². The standard InChI is InChI=1S/C19H25N3O/c1-4-22(5-2)17-11-12-18(15(3)13-17)21-19(23)14-20-16-9-7-6-8-10-16/h6-13,20H,4-5,14H2,1-3H3,(H,21,23). The molecule has 0 saturated carbocycles. The van der Waals surface area contributed by atoms with E-state index in [0.717, 1.165) is 30.0 Å². The van der Waals surface area contributed by atoms with E-state index in [1.165, 1.54) is 5.69 Å². The van der Waals surface area contributed by atoms with E-state index in [0.29, 0.717) is 0 Å². The van der Waals surface area contributed by atoms with Crippen LogP contribution in [0, 0.1) is 6.92 Å². The molecule has 23 heavy (non-hydrogen) atoms. The molecule has 2 N–H and O–H groups in total. The Bertz CT molecular complexity index is 636. The summed E-state index contributed by atoms with van der Waals surface area (Å²) in [5.74, 6) is -0.0486. The molecule has 0 aliphatic rings. The summed E-state index contributed by atoms with van der Waals surface area (Å²) in [5, 5.41) is 6.07. The van der Waals surface area contributed by atoms with Crippen LogP contribution in [-0.4, -0.2) is 25.5 Å². The second-order valence-corrected chi connectivity index (χ2v) is 5.44. The summed E-state index contributed by atoms with van der Waals surface area (Å²) < 4.78 is 0. The van der Waals surface area contributed by atoms with E-state index < -0.39 is 0 Å². The summed E-state index contributed by atoms with van der Waals surface area (Å²) in [6.07, 6.45) is 0. The number of hydrogen-bond acceptors (Lipinski definition) is 3. The van der Waals surface area contributed by atoms with Gasteiger partial charge in [-0.15, -0.1) is 0 Å². The first-order chi connectivity index (χ1) is 11.1. The van der Waals surface area contributed by atoms with Crippen molar-refractivity contribution in [3.05, 3.63) is 54.1 Å². The molecule has 0 atom stereocenters. The molecule has 4 nitrogen and oxygen atoms in total. The van der Waals surface area contributed by atoms with E-state index in [-0.39, 0.29) is 12.5 Å². The number of nitrogens with one attached hydrogen (secondary N) is 2. The van der Waals surface area contributed by atoms with Crippen LogP contribution in [0.1, 0.15) is 19.4 Å². The Morgan fingerprint density at radius 3 is 2.35 bits per heavy atom. The summed E-state index contributed by atoms with van der Waals surface area (Å²) >= 11 is 0. The molecular weight excluding hydrogens is 286 g/mol. The lowest BCUT2D eigenvalue weighted by Gasteiger charge is -2.22. The van der Waals surface area contributed by atoms with Crippen molar-refractivity contribution in [2.75, 3.05) is 35.2 Å². The molecule has 0 saturated heterocycles. The van der Waals surface area contributed by atoms with Crippen molar-refractivity contribution in [1.29, 1.82) is 0 Å². The van der Waals surface area contributed by atoms with Gasteiger partial charge in [0.2, 0.25) is 5.91 Å². The van der Waals surface area contributed by atoms with Gasteiger partial charge >= 0.3 is 0 Å². The Balaban J connectivity index is 1.95. The van der Waals surface area contributed by atoms with Gasteiger partial charge in [0.25, 0.3) is 0 Å². The Morgan fingerprint density at radius 1 is 1.04 bits per heavy atom. The summed E-state index contributed by atoms with van der Waals surface area (Å²) in [5.41, 5.74) is 4.06. The second kappa shape index (κ2) is 8.22. The van der Waals surface area contributed by atoms with Gasteiger partial charge in [-0.1, -0.05) is 18.2 Å². The fraction of sp³-hybridized carbons (Fsp3) is 0.316. The van der Waals surface area contributed by atoms with E-state index in [4.69, 9.17) is 0 Å².